The highest BCUT2D eigenvalue weighted by atomic mass is 35.5. The molecule has 0 atom stereocenters. The fourth-order valence-corrected chi connectivity index (χ4v) is 4.27. The molecule has 2 aromatic carbocycles. The van der Waals surface area contributed by atoms with Crippen molar-refractivity contribution in [1.82, 2.24) is 10.2 Å². The van der Waals surface area contributed by atoms with Crippen LogP contribution in [-0.4, -0.2) is 35.9 Å². The number of hydrogen-bond acceptors (Lipinski definition) is 8. The molecule has 0 saturated heterocycles. The number of aromatic nitrogens is 2. The van der Waals surface area contributed by atoms with Crippen molar-refractivity contribution in [3.63, 3.8) is 0 Å². The van der Waals surface area contributed by atoms with Crippen molar-refractivity contribution in [2.24, 2.45) is 0 Å². The van der Waals surface area contributed by atoms with Crippen molar-refractivity contribution in [2.45, 2.75) is 34.1 Å². The van der Waals surface area contributed by atoms with E-state index in [1.54, 1.807) is 12.1 Å². The van der Waals surface area contributed by atoms with Gasteiger partial charge in [0.1, 0.15) is 35.6 Å². The third-order valence-corrected chi connectivity index (χ3v) is 6.05. The summed E-state index contributed by atoms with van der Waals surface area (Å²) in [5, 5.41) is 21.4. The number of nitriles is 1. The van der Waals surface area contributed by atoms with Crippen molar-refractivity contribution in [2.75, 3.05) is 25.1 Å². The molecule has 0 aliphatic carbocycles. The van der Waals surface area contributed by atoms with Gasteiger partial charge in [0.05, 0.1) is 11.6 Å². The first-order chi connectivity index (χ1) is 17.3. The Bertz CT molecular complexity index is 1280. The lowest BCUT2D eigenvalue weighted by atomic mass is 10.1. The van der Waals surface area contributed by atoms with Gasteiger partial charge in [-0.3, -0.25) is 10.1 Å². The molecule has 0 saturated carbocycles. The van der Waals surface area contributed by atoms with Crippen LogP contribution in [0.4, 0.5) is 5.13 Å². The van der Waals surface area contributed by atoms with Gasteiger partial charge < -0.3 is 14.2 Å². The van der Waals surface area contributed by atoms with Gasteiger partial charge in [-0.15, -0.1) is 10.2 Å². The van der Waals surface area contributed by atoms with Crippen LogP contribution < -0.4 is 19.5 Å². The van der Waals surface area contributed by atoms with Crippen molar-refractivity contribution in [3.05, 3.63) is 62.6 Å². The Morgan fingerprint density at radius 3 is 2.44 bits per heavy atom. The molecule has 8 nitrogen and oxygen atoms in total. The molecule has 0 fully saturated rings. The van der Waals surface area contributed by atoms with E-state index in [4.69, 9.17) is 25.8 Å². The van der Waals surface area contributed by atoms with Crippen LogP contribution in [0.15, 0.2) is 35.9 Å². The summed E-state index contributed by atoms with van der Waals surface area (Å²) in [6.07, 6.45) is 2.14. The monoisotopic (exact) mass is 526 g/mol. The maximum Gasteiger partial charge on any atom is 0.268 e. The third-order valence-electron chi connectivity index (χ3n) is 4.79. The first-order valence-corrected chi connectivity index (χ1v) is 12.6. The van der Waals surface area contributed by atoms with Gasteiger partial charge in [-0.05, 0) is 74.2 Å². The van der Waals surface area contributed by atoms with Gasteiger partial charge in [0.2, 0.25) is 5.13 Å². The molecule has 1 aromatic heterocycles. The summed E-state index contributed by atoms with van der Waals surface area (Å²) >= 11 is 7.75. The van der Waals surface area contributed by atoms with Crippen LogP contribution in [0.3, 0.4) is 0 Å². The summed E-state index contributed by atoms with van der Waals surface area (Å²) in [5.74, 6) is 0.948. The Balaban J connectivity index is 1.72. The standard InChI is InChI=1S/C26H27ClN4O4S/c1-5-23-30-31-26(36-23)29-25(32)19(15-28)12-18-13-21(27)24(22(14-18)33-6-2)35-8-7-34-20-10-16(3)9-17(4)11-20/h9-14H,5-8H2,1-4H3,(H,29,31,32). The summed E-state index contributed by atoms with van der Waals surface area (Å²) in [5.41, 5.74) is 2.64. The molecular formula is C26H27ClN4O4S. The minimum atomic E-state index is -0.589. The molecule has 3 rings (SSSR count). The number of hydrogen-bond donors (Lipinski definition) is 1. The number of ether oxygens (including phenoxy) is 3. The van der Waals surface area contributed by atoms with Gasteiger partial charge >= 0.3 is 0 Å². The molecule has 1 heterocycles. The van der Waals surface area contributed by atoms with E-state index >= 15 is 0 Å². The normalized spacial score (nSPS) is 11.1. The zero-order valence-electron chi connectivity index (χ0n) is 20.6. The van der Waals surface area contributed by atoms with E-state index in [0.717, 1.165) is 21.9 Å². The zero-order valence-corrected chi connectivity index (χ0v) is 22.1. The second kappa shape index (κ2) is 12.9. The van der Waals surface area contributed by atoms with Crippen LogP contribution >= 0.6 is 22.9 Å². The average Bonchev–Trinajstić information content (AvgIpc) is 3.28. The molecule has 1 N–H and O–H groups in total. The van der Waals surface area contributed by atoms with Gasteiger partial charge in [-0.2, -0.15) is 5.26 Å². The summed E-state index contributed by atoms with van der Waals surface area (Å²) < 4.78 is 17.4. The second-order valence-corrected chi connectivity index (χ2v) is 9.23. The number of halogens is 1. The number of carbonyl (C=O) groups excluding carboxylic acids is 1. The summed E-state index contributed by atoms with van der Waals surface area (Å²) in [6, 6.07) is 11.2. The zero-order chi connectivity index (χ0) is 26.1. The molecule has 0 bridgehead atoms. The Labute approximate surface area is 219 Å². The minimum Gasteiger partial charge on any atom is -0.490 e. The number of anilines is 1. The SMILES string of the molecule is CCOc1cc(C=C(C#N)C(=O)Nc2nnc(CC)s2)cc(Cl)c1OCCOc1cc(C)cc(C)c1. The summed E-state index contributed by atoms with van der Waals surface area (Å²) in [7, 11) is 0. The lowest BCUT2D eigenvalue weighted by molar-refractivity contribution is -0.112. The first kappa shape index (κ1) is 27.0. The highest BCUT2D eigenvalue weighted by Gasteiger charge is 2.16. The molecule has 0 aliphatic rings. The summed E-state index contributed by atoms with van der Waals surface area (Å²) in [4.78, 5) is 12.6. The van der Waals surface area contributed by atoms with Gasteiger partial charge in [0, 0.05) is 0 Å². The molecule has 36 heavy (non-hydrogen) atoms. The smallest absolute Gasteiger partial charge is 0.268 e. The largest absolute Gasteiger partial charge is 0.490 e. The molecule has 188 valence electrons. The van der Waals surface area contributed by atoms with Gasteiger partial charge in [-0.1, -0.05) is 35.9 Å². The molecule has 0 aliphatic heterocycles. The maximum absolute atomic E-state index is 12.6. The molecule has 10 heteroatoms. The van der Waals surface area contributed by atoms with Crippen molar-refractivity contribution in [3.8, 4) is 23.3 Å². The fourth-order valence-electron chi connectivity index (χ4n) is 3.32. The second-order valence-electron chi connectivity index (χ2n) is 7.76. The van der Waals surface area contributed by atoms with Crippen LogP contribution in [0.25, 0.3) is 6.08 Å². The Kier molecular flexibility index (Phi) is 9.68. The minimum absolute atomic E-state index is 0.114. The van der Waals surface area contributed by atoms with E-state index in [1.807, 2.05) is 45.9 Å². The number of carbonyl (C=O) groups is 1. The average molecular weight is 527 g/mol. The molecular weight excluding hydrogens is 500 g/mol. The van der Waals surface area contributed by atoms with Crippen molar-refractivity contribution in [1.29, 1.82) is 5.26 Å². The molecule has 0 spiro atoms. The number of nitrogens with zero attached hydrogens (tertiary/aromatic N) is 3. The molecule has 0 radical (unpaired) electrons. The van der Waals surface area contributed by atoms with Gasteiger partial charge in [-0.25, -0.2) is 0 Å². The van der Waals surface area contributed by atoms with Crippen molar-refractivity contribution < 1.29 is 19.0 Å². The Morgan fingerprint density at radius 2 is 1.81 bits per heavy atom. The predicted octanol–water partition coefficient (Wildman–Crippen LogP) is 5.77. The van der Waals surface area contributed by atoms with Gasteiger partial charge in [0.25, 0.3) is 5.91 Å². The Hall–Kier alpha value is -3.61. The van der Waals surface area contributed by atoms with E-state index in [-0.39, 0.29) is 17.2 Å². The van der Waals surface area contributed by atoms with E-state index in [2.05, 4.69) is 21.6 Å². The van der Waals surface area contributed by atoms with Crippen molar-refractivity contribution >= 4 is 40.1 Å². The molecule has 0 unspecified atom stereocenters. The lowest BCUT2D eigenvalue weighted by Crippen LogP contribution is -2.13. The summed E-state index contributed by atoms with van der Waals surface area (Å²) in [6.45, 7) is 8.75. The number of aryl methyl sites for hydroxylation is 3. The van der Waals surface area contributed by atoms with Crippen LogP contribution in [0.1, 0.15) is 35.5 Å². The maximum atomic E-state index is 12.6. The van der Waals surface area contributed by atoms with E-state index in [9.17, 15) is 10.1 Å². The fraction of sp³-hybridized carbons (Fsp3) is 0.308. The Morgan fingerprint density at radius 1 is 1.08 bits per heavy atom. The number of nitrogens with one attached hydrogen (secondary N) is 1. The number of rotatable bonds is 11. The highest BCUT2D eigenvalue weighted by Crippen LogP contribution is 2.37. The topological polar surface area (TPSA) is 106 Å². The van der Waals surface area contributed by atoms with Crippen LogP contribution in [-0.2, 0) is 11.2 Å². The van der Waals surface area contributed by atoms with E-state index < -0.39 is 5.91 Å². The molecule has 3 aromatic rings. The first-order valence-electron chi connectivity index (χ1n) is 11.4. The number of benzene rings is 2. The van der Waals surface area contributed by atoms with E-state index in [1.165, 1.54) is 17.4 Å². The molecule has 1 amide bonds. The van der Waals surface area contributed by atoms with Gasteiger partial charge in [0.15, 0.2) is 11.5 Å². The van der Waals surface area contributed by atoms with Crippen LogP contribution in [0.2, 0.25) is 5.02 Å². The predicted molar refractivity (Wildman–Crippen MR) is 141 cm³/mol. The number of amides is 1. The van der Waals surface area contributed by atoms with E-state index in [0.29, 0.717) is 41.8 Å². The lowest BCUT2D eigenvalue weighted by Gasteiger charge is -2.15. The van der Waals surface area contributed by atoms with Crippen LogP contribution in [0, 0.1) is 25.2 Å². The third kappa shape index (κ3) is 7.44. The van der Waals surface area contributed by atoms with Crippen LogP contribution in [0.5, 0.6) is 17.2 Å². The quantitative estimate of drug-likeness (QED) is 0.192. The highest BCUT2D eigenvalue weighted by molar-refractivity contribution is 7.15.